The summed E-state index contributed by atoms with van der Waals surface area (Å²) in [5.74, 6) is 0. The predicted octanol–water partition coefficient (Wildman–Crippen LogP) is 1.77. The molecular weight excluding hydrogens is 300 g/mol. The average molecular weight is 324 g/mol. The molecular formula is C16H24N2O3S. The third-order valence-corrected chi connectivity index (χ3v) is 5.39. The smallest absolute Gasteiger partial charge is 0.315 e. The fraction of sp³-hybridized carbons (Fsp3) is 0.562. The maximum Gasteiger partial charge on any atom is 0.315 e. The fourth-order valence-corrected chi connectivity index (χ4v) is 3.38. The summed E-state index contributed by atoms with van der Waals surface area (Å²) >= 11 is 0. The highest BCUT2D eigenvalue weighted by molar-refractivity contribution is 7.84. The minimum absolute atomic E-state index is 0.0161. The summed E-state index contributed by atoms with van der Waals surface area (Å²) in [4.78, 5) is 12.8. The van der Waals surface area contributed by atoms with E-state index in [4.69, 9.17) is 0 Å². The van der Waals surface area contributed by atoms with Crippen molar-refractivity contribution < 1.29 is 14.1 Å². The van der Waals surface area contributed by atoms with E-state index in [2.05, 4.69) is 10.6 Å². The number of aliphatic hydroxyl groups excluding tert-OH is 1. The van der Waals surface area contributed by atoms with E-state index in [1.807, 2.05) is 31.2 Å². The summed E-state index contributed by atoms with van der Waals surface area (Å²) in [5.41, 5.74) is 0.741. The number of hydrogen-bond acceptors (Lipinski definition) is 3. The third-order valence-electron chi connectivity index (χ3n) is 4.46. The van der Waals surface area contributed by atoms with Crippen molar-refractivity contribution in [3.63, 3.8) is 0 Å². The topological polar surface area (TPSA) is 78.4 Å². The van der Waals surface area contributed by atoms with Crippen molar-refractivity contribution in [2.24, 2.45) is 5.41 Å². The Balaban J connectivity index is 1.84. The van der Waals surface area contributed by atoms with E-state index in [0.29, 0.717) is 6.54 Å². The Morgan fingerprint density at radius 1 is 1.41 bits per heavy atom. The van der Waals surface area contributed by atoms with Crippen LogP contribution in [0.3, 0.4) is 0 Å². The van der Waals surface area contributed by atoms with E-state index in [1.54, 1.807) is 6.26 Å². The van der Waals surface area contributed by atoms with Gasteiger partial charge in [0.15, 0.2) is 0 Å². The maximum atomic E-state index is 12.0. The number of rotatable bonds is 5. The molecule has 1 aromatic rings. The lowest BCUT2D eigenvalue weighted by Gasteiger charge is -2.30. The lowest BCUT2D eigenvalue weighted by molar-refractivity contribution is 0.121. The number of nitrogens with one attached hydrogen (secondary N) is 2. The standard InChI is InChI=1S/C16H24N2O3S/c1-16(11-19)9-3-4-14(16)18-15(20)17-10-12-5-7-13(8-6-12)22(2)21/h5-8,14,19H,3-4,9-11H2,1-2H3,(H2,17,18,20). The summed E-state index contributed by atoms with van der Waals surface area (Å²) in [6, 6.07) is 7.15. The van der Waals surface area contributed by atoms with Gasteiger partial charge in [0.05, 0.1) is 6.61 Å². The van der Waals surface area contributed by atoms with Gasteiger partial charge in [0.2, 0.25) is 0 Å². The van der Waals surface area contributed by atoms with E-state index in [1.165, 1.54) is 0 Å². The Morgan fingerprint density at radius 2 is 2.09 bits per heavy atom. The molecule has 0 aromatic heterocycles. The zero-order valence-electron chi connectivity index (χ0n) is 13.1. The molecule has 122 valence electrons. The van der Waals surface area contributed by atoms with Crippen LogP contribution in [-0.4, -0.2) is 34.3 Å². The molecule has 3 unspecified atom stereocenters. The van der Waals surface area contributed by atoms with Crippen LogP contribution in [0.1, 0.15) is 31.7 Å². The normalized spacial score (nSPS) is 25.7. The molecule has 0 radical (unpaired) electrons. The number of amides is 2. The summed E-state index contributed by atoms with van der Waals surface area (Å²) in [5, 5.41) is 15.3. The van der Waals surface area contributed by atoms with Crippen molar-refractivity contribution in [3.8, 4) is 0 Å². The number of aliphatic hydroxyl groups is 1. The van der Waals surface area contributed by atoms with Crippen LogP contribution >= 0.6 is 0 Å². The van der Waals surface area contributed by atoms with Gasteiger partial charge in [-0.1, -0.05) is 25.5 Å². The second-order valence-electron chi connectivity index (χ2n) is 6.18. The molecule has 22 heavy (non-hydrogen) atoms. The summed E-state index contributed by atoms with van der Waals surface area (Å²) in [6.07, 6.45) is 4.50. The van der Waals surface area contributed by atoms with E-state index in [0.717, 1.165) is 29.7 Å². The fourth-order valence-electron chi connectivity index (χ4n) is 2.86. The number of urea groups is 1. The highest BCUT2D eigenvalue weighted by Crippen LogP contribution is 2.37. The molecule has 3 N–H and O–H groups in total. The molecule has 1 fully saturated rings. The quantitative estimate of drug-likeness (QED) is 0.772. The molecule has 6 heteroatoms. The van der Waals surface area contributed by atoms with Crippen LogP contribution in [0, 0.1) is 5.41 Å². The first-order valence-electron chi connectivity index (χ1n) is 7.52. The van der Waals surface area contributed by atoms with Gasteiger partial charge in [-0.15, -0.1) is 0 Å². The molecule has 5 nitrogen and oxygen atoms in total. The SMILES string of the molecule is CS(=O)c1ccc(CNC(=O)NC2CCCC2(C)CO)cc1. The largest absolute Gasteiger partial charge is 0.396 e. The molecule has 2 amide bonds. The van der Waals surface area contributed by atoms with Crippen molar-refractivity contribution in [3.05, 3.63) is 29.8 Å². The Bertz CT molecular complexity index is 547. The lowest BCUT2D eigenvalue weighted by atomic mass is 9.86. The number of carbonyl (C=O) groups excluding carboxylic acids is 1. The lowest BCUT2D eigenvalue weighted by Crippen LogP contribution is -2.48. The van der Waals surface area contributed by atoms with Crippen molar-refractivity contribution >= 4 is 16.8 Å². The Labute approximate surface area is 134 Å². The van der Waals surface area contributed by atoms with E-state index in [9.17, 15) is 14.1 Å². The van der Waals surface area contributed by atoms with E-state index >= 15 is 0 Å². The summed E-state index contributed by atoms with van der Waals surface area (Å²) in [7, 11) is -0.987. The zero-order valence-corrected chi connectivity index (χ0v) is 13.9. The Morgan fingerprint density at radius 3 is 2.68 bits per heavy atom. The minimum atomic E-state index is -0.987. The monoisotopic (exact) mass is 324 g/mol. The van der Waals surface area contributed by atoms with E-state index < -0.39 is 10.8 Å². The molecule has 2 rings (SSSR count). The van der Waals surface area contributed by atoms with Gasteiger partial charge in [-0.2, -0.15) is 0 Å². The van der Waals surface area contributed by atoms with Crippen LogP contribution in [0.15, 0.2) is 29.2 Å². The van der Waals surface area contributed by atoms with Gasteiger partial charge in [0, 0.05) is 40.0 Å². The molecule has 0 saturated heterocycles. The first-order chi connectivity index (χ1) is 10.4. The van der Waals surface area contributed by atoms with Crippen LogP contribution in [-0.2, 0) is 17.3 Å². The maximum absolute atomic E-state index is 12.0. The van der Waals surface area contributed by atoms with Crippen LogP contribution in [0.4, 0.5) is 4.79 Å². The van der Waals surface area contributed by atoms with Gasteiger partial charge in [0.25, 0.3) is 0 Å². The van der Waals surface area contributed by atoms with E-state index in [-0.39, 0.29) is 24.1 Å². The van der Waals surface area contributed by atoms with Gasteiger partial charge in [0.1, 0.15) is 0 Å². The number of carbonyl (C=O) groups is 1. The van der Waals surface area contributed by atoms with Crippen molar-refractivity contribution in [1.82, 2.24) is 10.6 Å². The first kappa shape index (κ1) is 17.0. The molecule has 0 aliphatic heterocycles. The molecule has 3 atom stereocenters. The molecule has 1 saturated carbocycles. The summed E-state index contributed by atoms with van der Waals surface area (Å²) < 4.78 is 11.3. The zero-order chi connectivity index (χ0) is 16.2. The molecule has 1 aromatic carbocycles. The molecule has 1 aliphatic carbocycles. The molecule has 0 spiro atoms. The molecule has 0 heterocycles. The van der Waals surface area contributed by atoms with Crippen molar-refractivity contribution in [2.75, 3.05) is 12.9 Å². The molecule has 0 bridgehead atoms. The Kier molecular flexibility index (Phi) is 5.58. The number of benzene rings is 1. The highest BCUT2D eigenvalue weighted by atomic mass is 32.2. The van der Waals surface area contributed by atoms with Crippen LogP contribution in [0.2, 0.25) is 0 Å². The highest BCUT2D eigenvalue weighted by Gasteiger charge is 2.39. The third kappa shape index (κ3) is 4.08. The number of hydrogen-bond donors (Lipinski definition) is 3. The van der Waals surface area contributed by atoms with Crippen molar-refractivity contribution in [2.45, 2.75) is 43.7 Å². The van der Waals surface area contributed by atoms with Gasteiger partial charge < -0.3 is 15.7 Å². The van der Waals surface area contributed by atoms with Crippen LogP contribution in [0.5, 0.6) is 0 Å². The summed E-state index contributed by atoms with van der Waals surface area (Å²) in [6.45, 7) is 2.52. The Hall–Kier alpha value is -1.40. The van der Waals surface area contributed by atoms with Crippen molar-refractivity contribution in [1.29, 1.82) is 0 Å². The molecule has 1 aliphatic rings. The van der Waals surface area contributed by atoms with Gasteiger partial charge in [-0.05, 0) is 30.5 Å². The van der Waals surface area contributed by atoms with Gasteiger partial charge in [-0.25, -0.2) is 4.79 Å². The van der Waals surface area contributed by atoms with Crippen LogP contribution < -0.4 is 10.6 Å². The van der Waals surface area contributed by atoms with Gasteiger partial charge >= 0.3 is 6.03 Å². The van der Waals surface area contributed by atoms with Crippen LogP contribution in [0.25, 0.3) is 0 Å². The average Bonchev–Trinajstić information content (AvgIpc) is 2.87. The predicted molar refractivity (Wildman–Crippen MR) is 87.0 cm³/mol. The minimum Gasteiger partial charge on any atom is -0.396 e. The van der Waals surface area contributed by atoms with Gasteiger partial charge in [-0.3, -0.25) is 4.21 Å². The first-order valence-corrected chi connectivity index (χ1v) is 9.08. The second-order valence-corrected chi connectivity index (χ2v) is 7.56. The second kappa shape index (κ2) is 7.24.